The molecule has 1 aliphatic rings. The van der Waals surface area contributed by atoms with E-state index in [0.29, 0.717) is 24.9 Å². The van der Waals surface area contributed by atoms with Crippen LogP contribution in [0.5, 0.6) is 0 Å². The SMILES string of the molecule is CN(Cc1ccc(C(F)(F)F)cc1)C(=O)C1CCCN(S(C)(=O)=O)C1. The Balaban J connectivity index is 2.00. The van der Waals surface area contributed by atoms with Gasteiger partial charge in [-0.05, 0) is 30.5 Å². The van der Waals surface area contributed by atoms with Gasteiger partial charge in [-0.1, -0.05) is 12.1 Å². The molecule has 2 rings (SSSR count). The van der Waals surface area contributed by atoms with Crippen LogP contribution in [0.1, 0.15) is 24.0 Å². The molecule has 1 fully saturated rings. The quantitative estimate of drug-likeness (QED) is 0.808. The van der Waals surface area contributed by atoms with Crippen LogP contribution in [-0.4, -0.2) is 49.9 Å². The molecule has 5 nitrogen and oxygen atoms in total. The van der Waals surface area contributed by atoms with Crippen LogP contribution in [0.15, 0.2) is 24.3 Å². The second-order valence-corrected chi connectivity index (χ2v) is 8.33. The van der Waals surface area contributed by atoms with Gasteiger partial charge in [0.15, 0.2) is 0 Å². The number of carbonyl (C=O) groups is 1. The summed E-state index contributed by atoms with van der Waals surface area (Å²) in [5.41, 5.74) is -0.152. The lowest BCUT2D eigenvalue weighted by atomic mass is 9.98. The predicted octanol–water partition coefficient (Wildman–Crippen LogP) is 2.34. The molecule has 0 N–H and O–H groups in total. The summed E-state index contributed by atoms with van der Waals surface area (Å²) in [6.45, 7) is 0.729. The van der Waals surface area contributed by atoms with Crippen molar-refractivity contribution >= 4 is 15.9 Å². The second-order valence-electron chi connectivity index (χ2n) is 6.35. The molecule has 25 heavy (non-hydrogen) atoms. The summed E-state index contributed by atoms with van der Waals surface area (Å²) in [7, 11) is -1.77. The number of rotatable bonds is 4. The van der Waals surface area contributed by atoms with Crippen LogP contribution >= 0.6 is 0 Å². The molecule has 0 saturated carbocycles. The molecular formula is C16H21F3N2O3S. The lowest BCUT2D eigenvalue weighted by Gasteiger charge is -2.32. The third-order valence-corrected chi connectivity index (χ3v) is 5.55. The van der Waals surface area contributed by atoms with Gasteiger partial charge in [0, 0.05) is 26.7 Å². The average molecular weight is 378 g/mol. The van der Waals surface area contributed by atoms with Gasteiger partial charge in [-0.3, -0.25) is 4.79 Å². The first-order valence-electron chi connectivity index (χ1n) is 7.84. The summed E-state index contributed by atoms with van der Waals surface area (Å²) in [6, 6.07) is 4.66. The maximum Gasteiger partial charge on any atom is 0.416 e. The molecule has 1 aromatic rings. The fourth-order valence-corrected chi connectivity index (χ4v) is 3.82. The van der Waals surface area contributed by atoms with Crippen molar-refractivity contribution in [2.45, 2.75) is 25.6 Å². The van der Waals surface area contributed by atoms with Gasteiger partial charge in [-0.25, -0.2) is 12.7 Å². The van der Waals surface area contributed by atoms with E-state index < -0.39 is 27.7 Å². The van der Waals surface area contributed by atoms with Crippen LogP contribution in [-0.2, 0) is 27.5 Å². The minimum absolute atomic E-state index is 0.148. The predicted molar refractivity (Wildman–Crippen MR) is 87.1 cm³/mol. The van der Waals surface area contributed by atoms with Crippen LogP contribution in [0, 0.1) is 5.92 Å². The molecule has 0 bridgehead atoms. The molecule has 1 saturated heterocycles. The first kappa shape index (κ1) is 19.7. The number of piperidine rings is 1. The van der Waals surface area contributed by atoms with Crippen molar-refractivity contribution in [1.82, 2.24) is 9.21 Å². The van der Waals surface area contributed by atoms with Crippen LogP contribution in [0.25, 0.3) is 0 Å². The summed E-state index contributed by atoms with van der Waals surface area (Å²) in [5, 5.41) is 0. The van der Waals surface area contributed by atoms with Crippen molar-refractivity contribution in [1.29, 1.82) is 0 Å². The summed E-state index contributed by atoms with van der Waals surface area (Å²) < 4.78 is 62.3. The number of alkyl halides is 3. The highest BCUT2D eigenvalue weighted by Gasteiger charge is 2.32. The van der Waals surface area contributed by atoms with Gasteiger partial charge in [0.05, 0.1) is 17.7 Å². The highest BCUT2D eigenvalue weighted by atomic mass is 32.2. The van der Waals surface area contributed by atoms with Crippen LogP contribution in [0.2, 0.25) is 0 Å². The van der Waals surface area contributed by atoms with Gasteiger partial charge in [-0.15, -0.1) is 0 Å². The number of halogens is 3. The number of sulfonamides is 1. The molecule has 1 atom stereocenters. The molecule has 9 heteroatoms. The Labute approximate surface area is 145 Å². The Morgan fingerprint density at radius 3 is 2.40 bits per heavy atom. The molecule has 1 heterocycles. The van der Waals surface area contributed by atoms with E-state index in [0.717, 1.165) is 18.4 Å². The molecule has 0 aromatic heterocycles. The smallest absolute Gasteiger partial charge is 0.341 e. The summed E-state index contributed by atoms with van der Waals surface area (Å²) >= 11 is 0. The van der Waals surface area contributed by atoms with E-state index in [1.807, 2.05) is 0 Å². The highest BCUT2D eigenvalue weighted by Crippen LogP contribution is 2.29. The zero-order chi connectivity index (χ0) is 18.8. The van der Waals surface area contributed by atoms with E-state index in [-0.39, 0.29) is 19.0 Å². The maximum absolute atomic E-state index is 12.6. The first-order chi connectivity index (χ1) is 11.5. The molecule has 1 unspecified atom stereocenters. The lowest BCUT2D eigenvalue weighted by molar-refractivity contribution is -0.138. The zero-order valence-corrected chi connectivity index (χ0v) is 14.9. The fraction of sp³-hybridized carbons (Fsp3) is 0.562. The lowest BCUT2D eigenvalue weighted by Crippen LogP contribution is -2.45. The van der Waals surface area contributed by atoms with Gasteiger partial charge in [0.25, 0.3) is 0 Å². The number of hydrogen-bond donors (Lipinski definition) is 0. The molecule has 0 radical (unpaired) electrons. The fourth-order valence-electron chi connectivity index (χ4n) is 2.91. The molecule has 0 spiro atoms. The number of benzene rings is 1. The van der Waals surface area contributed by atoms with Crippen molar-refractivity contribution in [2.75, 3.05) is 26.4 Å². The van der Waals surface area contributed by atoms with E-state index in [4.69, 9.17) is 0 Å². The second kappa shape index (κ2) is 7.33. The van der Waals surface area contributed by atoms with Crippen molar-refractivity contribution in [3.8, 4) is 0 Å². The largest absolute Gasteiger partial charge is 0.416 e. The molecule has 1 amide bonds. The van der Waals surface area contributed by atoms with Gasteiger partial charge in [-0.2, -0.15) is 13.2 Å². The van der Waals surface area contributed by atoms with E-state index in [2.05, 4.69) is 0 Å². The minimum atomic E-state index is -4.39. The molecule has 1 aliphatic heterocycles. The van der Waals surface area contributed by atoms with Crippen LogP contribution < -0.4 is 0 Å². The summed E-state index contributed by atoms with van der Waals surface area (Å²) in [5.74, 6) is -0.629. The number of nitrogens with zero attached hydrogens (tertiary/aromatic N) is 2. The normalized spacial score (nSPS) is 19.6. The van der Waals surface area contributed by atoms with Gasteiger partial charge in [0.2, 0.25) is 15.9 Å². The molecular weight excluding hydrogens is 357 g/mol. The Kier molecular flexibility index (Phi) is 5.78. The topological polar surface area (TPSA) is 57.7 Å². The van der Waals surface area contributed by atoms with E-state index in [9.17, 15) is 26.4 Å². The Hall–Kier alpha value is -1.61. The Morgan fingerprint density at radius 1 is 1.28 bits per heavy atom. The van der Waals surface area contributed by atoms with Crippen LogP contribution in [0.3, 0.4) is 0 Å². The van der Waals surface area contributed by atoms with E-state index in [1.165, 1.54) is 21.3 Å². The number of amides is 1. The van der Waals surface area contributed by atoms with E-state index >= 15 is 0 Å². The standard InChI is InChI=1S/C16H21F3N2O3S/c1-20(10-12-5-7-14(8-6-12)16(17,18)19)15(22)13-4-3-9-21(11-13)25(2,23)24/h5-8,13H,3-4,9-11H2,1-2H3. The van der Waals surface area contributed by atoms with Crippen molar-refractivity contribution in [3.63, 3.8) is 0 Å². The van der Waals surface area contributed by atoms with Crippen LogP contribution in [0.4, 0.5) is 13.2 Å². The Bertz CT molecular complexity index is 717. The van der Waals surface area contributed by atoms with E-state index in [1.54, 1.807) is 7.05 Å². The first-order valence-corrected chi connectivity index (χ1v) is 9.69. The maximum atomic E-state index is 12.6. The molecule has 0 aliphatic carbocycles. The monoisotopic (exact) mass is 378 g/mol. The van der Waals surface area contributed by atoms with Crippen molar-refractivity contribution in [2.24, 2.45) is 5.92 Å². The van der Waals surface area contributed by atoms with Crippen molar-refractivity contribution in [3.05, 3.63) is 35.4 Å². The van der Waals surface area contributed by atoms with Gasteiger partial charge < -0.3 is 4.90 Å². The summed E-state index contributed by atoms with van der Waals surface area (Å²) in [4.78, 5) is 14.0. The van der Waals surface area contributed by atoms with Gasteiger partial charge in [0.1, 0.15) is 0 Å². The molecule has 1 aromatic carbocycles. The average Bonchev–Trinajstić information content (AvgIpc) is 2.53. The van der Waals surface area contributed by atoms with Gasteiger partial charge >= 0.3 is 6.18 Å². The van der Waals surface area contributed by atoms with Crippen molar-refractivity contribution < 1.29 is 26.4 Å². The number of carbonyl (C=O) groups excluding carboxylic acids is 1. The zero-order valence-electron chi connectivity index (χ0n) is 14.1. The highest BCUT2D eigenvalue weighted by molar-refractivity contribution is 7.88. The minimum Gasteiger partial charge on any atom is -0.341 e. The Morgan fingerprint density at radius 2 is 1.88 bits per heavy atom. The molecule has 140 valence electrons. The summed E-state index contributed by atoms with van der Waals surface area (Å²) in [6.07, 6.45) is -2.07. The third kappa shape index (κ3) is 5.18. The number of hydrogen-bond acceptors (Lipinski definition) is 3. The third-order valence-electron chi connectivity index (χ3n) is 4.28.